The molecule has 0 radical (unpaired) electrons. The van der Waals surface area contributed by atoms with E-state index >= 15 is 0 Å². The highest BCUT2D eigenvalue weighted by molar-refractivity contribution is 7.89. The van der Waals surface area contributed by atoms with Gasteiger partial charge in [-0.15, -0.1) is 0 Å². The van der Waals surface area contributed by atoms with Crippen molar-refractivity contribution in [3.63, 3.8) is 0 Å². The highest BCUT2D eigenvalue weighted by Gasteiger charge is 2.47. The van der Waals surface area contributed by atoms with Crippen molar-refractivity contribution < 1.29 is 27.5 Å². The Morgan fingerprint density at radius 2 is 1.97 bits per heavy atom. The molecular weight excluding hydrogens is 460 g/mol. The summed E-state index contributed by atoms with van der Waals surface area (Å²) in [5.41, 5.74) is -0.969. The molecule has 4 amide bonds. The lowest BCUT2D eigenvalue weighted by Crippen LogP contribution is -2.44. The summed E-state index contributed by atoms with van der Waals surface area (Å²) >= 11 is 6.15. The van der Waals surface area contributed by atoms with Crippen molar-refractivity contribution in [3.8, 4) is 0 Å². The molecule has 0 bridgehead atoms. The van der Waals surface area contributed by atoms with Crippen LogP contribution in [0.25, 0.3) is 0 Å². The third-order valence-corrected chi connectivity index (χ3v) is 7.72. The van der Waals surface area contributed by atoms with Crippen molar-refractivity contribution in [2.45, 2.75) is 43.5 Å². The number of urea groups is 1. The molecule has 0 saturated carbocycles. The van der Waals surface area contributed by atoms with E-state index in [0.717, 1.165) is 17.7 Å². The van der Waals surface area contributed by atoms with Crippen LogP contribution in [-0.4, -0.2) is 73.9 Å². The van der Waals surface area contributed by atoms with Crippen LogP contribution in [0.1, 0.15) is 33.1 Å². The molecule has 0 aliphatic carbocycles. The number of nitrogens with zero attached hydrogens (tertiary/aromatic N) is 2. The van der Waals surface area contributed by atoms with E-state index < -0.39 is 40.0 Å². The number of nitrogens with one attached hydrogen (secondary N) is 2. The number of halogens is 1. The molecule has 10 nitrogen and oxygen atoms in total. The number of sulfonamides is 1. The van der Waals surface area contributed by atoms with Gasteiger partial charge in [0.05, 0.1) is 28.8 Å². The SMILES string of the molecule is CCCCC1(C)NC(=O)N(CC(=O)Nc2cc(S(=O)(=O)N3CCOCC3)ccc2Cl)C1=O. The Morgan fingerprint density at radius 3 is 2.62 bits per heavy atom. The molecule has 2 N–H and O–H groups in total. The molecule has 1 atom stereocenters. The minimum absolute atomic E-state index is 0.0266. The van der Waals surface area contributed by atoms with Gasteiger partial charge in [0.1, 0.15) is 12.1 Å². The molecule has 0 spiro atoms. The van der Waals surface area contributed by atoms with E-state index in [-0.39, 0.29) is 28.7 Å². The predicted octanol–water partition coefficient (Wildman–Crippen LogP) is 1.80. The van der Waals surface area contributed by atoms with Crippen LogP contribution in [0.2, 0.25) is 5.02 Å². The lowest BCUT2D eigenvalue weighted by molar-refractivity contribution is -0.133. The number of carbonyl (C=O) groups is 3. The van der Waals surface area contributed by atoms with Gasteiger partial charge in [-0.2, -0.15) is 4.31 Å². The zero-order valence-electron chi connectivity index (χ0n) is 18.0. The van der Waals surface area contributed by atoms with Gasteiger partial charge >= 0.3 is 6.03 Å². The van der Waals surface area contributed by atoms with E-state index in [1.165, 1.54) is 22.5 Å². The fourth-order valence-electron chi connectivity index (χ4n) is 3.62. The van der Waals surface area contributed by atoms with E-state index in [1.807, 2.05) is 6.92 Å². The van der Waals surface area contributed by atoms with Crippen molar-refractivity contribution >= 4 is 45.2 Å². The van der Waals surface area contributed by atoms with Crippen molar-refractivity contribution in [1.29, 1.82) is 0 Å². The summed E-state index contributed by atoms with van der Waals surface area (Å²) in [6.07, 6.45) is 2.09. The number of imide groups is 1. The van der Waals surface area contributed by atoms with Gasteiger partial charge in [-0.25, -0.2) is 13.2 Å². The Labute approximate surface area is 192 Å². The summed E-state index contributed by atoms with van der Waals surface area (Å²) < 4.78 is 32.2. The topological polar surface area (TPSA) is 125 Å². The number of hydrogen-bond donors (Lipinski definition) is 2. The Kier molecular flexibility index (Phi) is 7.43. The first kappa shape index (κ1) is 24.4. The second-order valence-corrected chi connectivity index (χ2v) is 10.3. The first-order valence-electron chi connectivity index (χ1n) is 10.4. The van der Waals surface area contributed by atoms with Crippen LogP contribution in [0.4, 0.5) is 10.5 Å². The fraction of sp³-hybridized carbons (Fsp3) is 0.550. The normalized spacial score (nSPS) is 22.2. The summed E-state index contributed by atoms with van der Waals surface area (Å²) in [7, 11) is -3.79. The van der Waals surface area contributed by atoms with Gasteiger partial charge in [0.15, 0.2) is 0 Å². The molecular formula is C20H27ClN4O6S. The van der Waals surface area contributed by atoms with Gasteiger partial charge in [-0.05, 0) is 31.5 Å². The van der Waals surface area contributed by atoms with E-state index in [9.17, 15) is 22.8 Å². The van der Waals surface area contributed by atoms with Crippen LogP contribution in [0, 0.1) is 0 Å². The summed E-state index contributed by atoms with van der Waals surface area (Å²) in [4.78, 5) is 38.4. The summed E-state index contributed by atoms with van der Waals surface area (Å²) in [6.45, 7) is 4.18. The summed E-state index contributed by atoms with van der Waals surface area (Å²) in [5.74, 6) is -1.14. The molecule has 2 heterocycles. The molecule has 1 aromatic carbocycles. The lowest BCUT2D eigenvalue weighted by atomic mass is 9.95. The van der Waals surface area contributed by atoms with Gasteiger partial charge in [0, 0.05) is 13.1 Å². The molecule has 32 heavy (non-hydrogen) atoms. The smallest absolute Gasteiger partial charge is 0.325 e. The quantitative estimate of drug-likeness (QED) is 0.540. The third kappa shape index (κ3) is 5.06. The van der Waals surface area contributed by atoms with Gasteiger partial charge in [-0.3, -0.25) is 14.5 Å². The van der Waals surface area contributed by atoms with Crippen molar-refractivity contribution in [1.82, 2.24) is 14.5 Å². The molecule has 1 aromatic rings. The number of amides is 4. The maximum Gasteiger partial charge on any atom is 0.325 e. The second kappa shape index (κ2) is 9.74. The van der Waals surface area contributed by atoms with Gasteiger partial charge in [0.2, 0.25) is 15.9 Å². The van der Waals surface area contributed by atoms with Crippen LogP contribution < -0.4 is 10.6 Å². The number of benzene rings is 1. The van der Waals surface area contributed by atoms with Crippen molar-refractivity contribution in [2.24, 2.45) is 0 Å². The number of ether oxygens (including phenoxy) is 1. The zero-order valence-corrected chi connectivity index (χ0v) is 19.6. The van der Waals surface area contributed by atoms with Crippen LogP contribution in [0.15, 0.2) is 23.1 Å². The Bertz CT molecular complexity index is 1010. The molecule has 3 rings (SSSR count). The fourth-order valence-corrected chi connectivity index (χ4v) is 5.22. The van der Waals surface area contributed by atoms with Crippen molar-refractivity contribution in [3.05, 3.63) is 23.2 Å². The average Bonchev–Trinajstić information content (AvgIpc) is 2.97. The molecule has 2 fully saturated rings. The highest BCUT2D eigenvalue weighted by atomic mass is 35.5. The Balaban J connectivity index is 1.72. The molecule has 0 aromatic heterocycles. The number of rotatable bonds is 8. The maximum absolute atomic E-state index is 12.9. The minimum Gasteiger partial charge on any atom is -0.379 e. The van der Waals surface area contributed by atoms with Gasteiger partial charge in [-0.1, -0.05) is 31.4 Å². The number of hydrogen-bond acceptors (Lipinski definition) is 6. The van der Waals surface area contributed by atoms with E-state index in [1.54, 1.807) is 6.92 Å². The average molecular weight is 487 g/mol. The summed E-state index contributed by atoms with van der Waals surface area (Å²) in [5, 5.41) is 5.29. The van der Waals surface area contributed by atoms with Crippen LogP contribution >= 0.6 is 11.6 Å². The van der Waals surface area contributed by atoms with Gasteiger partial charge < -0.3 is 15.4 Å². The Hall–Kier alpha value is -2.21. The molecule has 1 unspecified atom stereocenters. The number of carbonyl (C=O) groups excluding carboxylic acids is 3. The standard InChI is InChI=1S/C20H27ClN4O6S/c1-3-4-7-20(2)18(27)25(19(28)23-20)13-17(26)22-16-12-14(5-6-15(16)21)32(29,30)24-8-10-31-11-9-24/h5-6,12H,3-4,7-11,13H2,1-2H3,(H,22,26)(H,23,28). The maximum atomic E-state index is 12.9. The molecule has 2 saturated heterocycles. The molecule has 2 aliphatic heterocycles. The summed E-state index contributed by atoms with van der Waals surface area (Å²) in [6, 6.07) is 3.36. The van der Waals surface area contributed by atoms with E-state index in [4.69, 9.17) is 16.3 Å². The Morgan fingerprint density at radius 1 is 1.28 bits per heavy atom. The third-order valence-electron chi connectivity index (χ3n) is 5.50. The van der Waals surface area contributed by atoms with Crippen LogP contribution in [0.3, 0.4) is 0 Å². The second-order valence-electron chi connectivity index (χ2n) is 7.96. The number of anilines is 1. The largest absolute Gasteiger partial charge is 0.379 e. The zero-order chi connectivity index (χ0) is 23.5. The number of morpholine rings is 1. The molecule has 176 valence electrons. The van der Waals surface area contributed by atoms with E-state index in [2.05, 4.69) is 10.6 Å². The van der Waals surface area contributed by atoms with Gasteiger partial charge in [0.25, 0.3) is 5.91 Å². The number of unbranched alkanes of at least 4 members (excludes halogenated alkanes) is 1. The predicted molar refractivity (Wildman–Crippen MR) is 118 cm³/mol. The minimum atomic E-state index is -3.79. The molecule has 2 aliphatic rings. The first-order valence-corrected chi connectivity index (χ1v) is 12.2. The van der Waals surface area contributed by atoms with E-state index in [0.29, 0.717) is 19.6 Å². The molecule has 12 heteroatoms. The van der Waals surface area contributed by atoms with Crippen molar-refractivity contribution in [2.75, 3.05) is 38.2 Å². The first-order chi connectivity index (χ1) is 15.1. The monoisotopic (exact) mass is 486 g/mol. The highest BCUT2D eigenvalue weighted by Crippen LogP contribution is 2.28. The van der Waals surface area contributed by atoms with Crippen LogP contribution in [-0.2, 0) is 24.3 Å². The lowest BCUT2D eigenvalue weighted by Gasteiger charge is -2.26. The van der Waals surface area contributed by atoms with Crippen LogP contribution in [0.5, 0.6) is 0 Å².